The maximum atomic E-state index is 11.4. The molecular formula is C13H10Cl2N4O. The Labute approximate surface area is 125 Å². The van der Waals surface area contributed by atoms with E-state index in [1.54, 1.807) is 48.5 Å². The first kappa shape index (κ1) is 14.3. The smallest absolute Gasteiger partial charge is 0.297 e. The number of halogens is 2. The van der Waals surface area contributed by atoms with Crippen LogP contribution in [0.1, 0.15) is 0 Å². The number of hydrazine groups is 1. The third kappa shape index (κ3) is 4.53. The van der Waals surface area contributed by atoms with E-state index >= 15 is 0 Å². The van der Waals surface area contributed by atoms with Gasteiger partial charge in [0, 0.05) is 10.0 Å². The predicted octanol–water partition coefficient (Wildman–Crippen LogP) is 4.81. The van der Waals surface area contributed by atoms with Crippen molar-refractivity contribution in [1.82, 2.24) is 5.43 Å². The number of azo groups is 1. The van der Waals surface area contributed by atoms with E-state index in [9.17, 15) is 4.79 Å². The van der Waals surface area contributed by atoms with Crippen LogP contribution in [0.2, 0.25) is 10.0 Å². The highest BCUT2D eigenvalue weighted by atomic mass is 35.5. The zero-order valence-corrected chi connectivity index (χ0v) is 11.7. The van der Waals surface area contributed by atoms with Crippen LogP contribution < -0.4 is 10.9 Å². The first-order chi connectivity index (χ1) is 9.63. The van der Waals surface area contributed by atoms with Crippen LogP contribution >= 0.6 is 23.2 Å². The van der Waals surface area contributed by atoms with Crippen molar-refractivity contribution in [2.75, 3.05) is 5.43 Å². The topological polar surface area (TPSA) is 65.8 Å². The molecule has 0 spiro atoms. The van der Waals surface area contributed by atoms with Crippen LogP contribution in [0, 0.1) is 0 Å². The molecule has 0 aliphatic rings. The second-order valence-electron chi connectivity index (χ2n) is 3.74. The summed E-state index contributed by atoms with van der Waals surface area (Å²) in [6.07, 6.45) is 0. The van der Waals surface area contributed by atoms with Crippen LogP contribution in [0.5, 0.6) is 0 Å². The molecule has 0 heterocycles. The molecule has 0 unspecified atom stereocenters. The highest BCUT2D eigenvalue weighted by molar-refractivity contribution is 6.30. The molecule has 0 radical (unpaired) electrons. The Balaban J connectivity index is 1.86. The van der Waals surface area contributed by atoms with Crippen molar-refractivity contribution < 1.29 is 4.79 Å². The van der Waals surface area contributed by atoms with Crippen LogP contribution in [-0.2, 0) is 0 Å². The Morgan fingerprint density at radius 2 is 1.45 bits per heavy atom. The molecule has 2 amide bonds. The molecule has 0 atom stereocenters. The fourth-order valence-electron chi connectivity index (χ4n) is 1.29. The zero-order valence-electron chi connectivity index (χ0n) is 10.2. The lowest BCUT2D eigenvalue weighted by Crippen LogP contribution is -2.25. The highest BCUT2D eigenvalue weighted by Crippen LogP contribution is 2.16. The van der Waals surface area contributed by atoms with Gasteiger partial charge < -0.3 is 0 Å². The predicted molar refractivity (Wildman–Crippen MR) is 79.6 cm³/mol. The fraction of sp³-hybridized carbons (Fsp3) is 0. The normalized spacial score (nSPS) is 10.5. The van der Waals surface area contributed by atoms with Gasteiger partial charge in [-0.1, -0.05) is 28.3 Å². The number of amides is 2. The number of anilines is 1. The maximum absolute atomic E-state index is 11.4. The largest absolute Gasteiger partial charge is 0.378 e. The molecule has 2 aromatic carbocycles. The van der Waals surface area contributed by atoms with Crippen LogP contribution in [0.4, 0.5) is 16.2 Å². The number of carbonyl (C=O) groups is 1. The minimum absolute atomic E-state index is 0.538. The average molecular weight is 309 g/mol. The van der Waals surface area contributed by atoms with Crippen LogP contribution in [0.3, 0.4) is 0 Å². The molecule has 5 nitrogen and oxygen atoms in total. The maximum Gasteiger partial charge on any atom is 0.378 e. The molecule has 0 bridgehead atoms. The Hall–Kier alpha value is -2.11. The molecule has 20 heavy (non-hydrogen) atoms. The van der Waals surface area contributed by atoms with Gasteiger partial charge in [-0.3, -0.25) is 5.43 Å². The summed E-state index contributed by atoms with van der Waals surface area (Å²) >= 11 is 11.5. The van der Waals surface area contributed by atoms with Gasteiger partial charge in [-0.15, -0.1) is 5.11 Å². The van der Waals surface area contributed by atoms with E-state index in [-0.39, 0.29) is 0 Å². The molecule has 2 rings (SSSR count). The van der Waals surface area contributed by atoms with E-state index in [4.69, 9.17) is 23.2 Å². The number of rotatable bonds is 3. The average Bonchev–Trinajstić information content (AvgIpc) is 2.46. The molecule has 0 aliphatic carbocycles. The first-order valence-electron chi connectivity index (χ1n) is 5.62. The third-order valence-corrected chi connectivity index (χ3v) is 2.74. The standard InChI is InChI=1S/C13H10Cl2N4O/c14-9-1-5-11(6-2-9)16-18-13(20)19-17-12-7-3-10(15)4-8-12/h1-8,16H,(H,18,20). The minimum atomic E-state index is -0.616. The number of urea groups is 1. The van der Waals surface area contributed by atoms with E-state index < -0.39 is 6.03 Å². The molecule has 0 aliphatic heterocycles. The second kappa shape index (κ2) is 6.88. The van der Waals surface area contributed by atoms with E-state index in [1.165, 1.54) is 0 Å². The van der Waals surface area contributed by atoms with Crippen molar-refractivity contribution in [3.63, 3.8) is 0 Å². The van der Waals surface area contributed by atoms with Crippen molar-refractivity contribution >= 4 is 40.6 Å². The molecule has 0 fully saturated rings. The molecule has 7 heteroatoms. The molecule has 102 valence electrons. The van der Waals surface area contributed by atoms with Gasteiger partial charge in [-0.2, -0.15) is 0 Å². The molecule has 0 aromatic heterocycles. The molecule has 2 aromatic rings. The van der Waals surface area contributed by atoms with E-state index in [0.29, 0.717) is 21.4 Å². The Bertz CT molecular complexity index is 611. The minimum Gasteiger partial charge on any atom is -0.297 e. The van der Waals surface area contributed by atoms with Crippen LogP contribution in [-0.4, -0.2) is 6.03 Å². The van der Waals surface area contributed by atoms with Crippen LogP contribution in [0.15, 0.2) is 58.8 Å². The van der Waals surface area contributed by atoms with Crippen LogP contribution in [0.25, 0.3) is 0 Å². The number of nitrogens with one attached hydrogen (secondary N) is 2. The summed E-state index contributed by atoms with van der Waals surface area (Å²) in [6.45, 7) is 0. The fourth-order valence-corrected chi connectivity index (χ4v) is 1.55. The summed E-state index contributed by atoms with van der Waals surface area (Å²) in [6, 6.07) is 12.9. The monoisotopic (exact) mass is 308 g/mol. The molecular weight excluding hydrogens is 299 g/mol. The Morgan fingerprint density at radius 1 is 0.900 bits per heavy atom. The van der Waals surface area contributed by atoms with Crippen molar-refractivity contribution in [2.45, 2.75) is 0 Å². The number of nitrogens with zero attached hydrogens (tertiary/aromatic N) is 2. The van der Waals surface area contributed by atoms with Gasteiger partial charge in [0.1, 0.15) is 0 Å². The van der Waals surface area contributed by atoms with Gasteiger partial charge in [-0.25, -0.2) is 10.2 Å². The highest BCUT2D eigenvalue weighted by Gasteiger charge is 1.98. The Kier molecular flexibility index (Phi) is 4.92. The van der Waals surface area contributed by atoms with Crippen molar-refractivity contribution in [3.05, 3.63) is 58.6 Å². The van der Waals surface area contributed by atoms with Gasteiger partial charge in [-0.05, 0) is 48.5 Å². The van der Waals surface area contributed by atoms with Crippen molar-refractivity contribution in [2.24, 2.45) is 10.2 Å². The SMILES string of the molecule is O=C(N=Nc1ccc(Cl)cc1)NNc1ccc(Cl)cc1. The number of hydrogen-bond acceptors (Lipinski definition) is 3. The summed E-state index contributed by atoms with van der Waals surface area (Å²) in [5, 5.41) is 8.48. The lowest BCUT2D eigenvalue weighted by Gasteiger charge is -2.04. The summed E-state index contributed by atoms with van der Waals surface area (Å²) in [4.78, 5) is 11.4. The quantitative estimate of drug-likeness (QED) is 0.631. The van der Waals surface area contributed by atoms with Gasteiger partial charge in [0.15, 0.2) is 0 Å². The first-order valence-corrected chi connectivity index (χ1v) is 6.38. The third-order valence-electron chi connectivity index (χ3n) is 2.24. The van der Waals surface area contributed by atoms with Gasteiger partial charge in [0.2, 0.25) is 0 Å². The Morgan fingerprint density at radius 3 is 2.05 bits per heavy atom. The molecule has 0 saturated carbocycles. The van der Waals surface area contributed by atoms with Gasteiger partial charge in [0.05, 0.1) is 11.4 Å². The zero-order chi connectivity index (χ0) is 14.4. The summed E-state index contributed by atoms with van der Waals surface area (Å²) in [7, 11) is 0. The van der Waals surface area contributed by atoms with E-state index in [1.807, 2.05) is 0 Å². The summed E-state index contributed by atoms with van der Waals surface area (Å²) in [5.41, 5.74) is 6.29. The lowest BCUT2D eigenvalue weighted by atomic mass is 10.3. The number of hydrogen-bond donors (Lipinski definition) is 2. The van der Waals surface area contributed by atoms with Gasteiger partial charge >= 0.3 is 6.03 Å². The van der Waals surface area contributed by atoms with Crippen molar-refractivity contribution in [3.8, 4) is 0 Å². The van der Waals surface area contributed by atoms with Gasteiger partial charge in [0.25, 0.3) is 0 Å². The van der Waals surface area contributed by atoms with E-state index in [2.05, 4.69) is 21.1 Å². The number of carbonyl (C=O) groups excluding carboxylic acids is 1. The molecule has 0 saturated heterocycles. The lowest BCUT2D eigenvalue weighted by molar-refractivity contribution is 0.249. The summed E-state index contributed by atoms with van der Waals surface area (Å²) < 4.78 is 0. The molecule has 2 N–H and O–H groups in total. The van der Waals surface area contributed by atoms with E-state index in [0.717, 1.165) is 0 Å². The second-order valence-corrected chi connectivity index (χ2v) is 4.61. The number of benzene rings is 2. The summed E-state index contributed by atoms with van der Waals surface area (Å²) in [5.74, 6) is 0. The van der Waals surface area contributed by atoms with Crippen molar-refractivity contribution in [1.29, 1.82) is 0 Å².